The predicted molar refractivity (Wildman–Crippen MR) is 77.6 cm³/mol. The zero-order chi connectivity index (χ0) is 13.9. The van der Waals surface area contributed by atoms with E-state index in [2.05, 4.69) is 22.5 Å². The van der Waals surface area contributed by atoms with Gasteiger partial charge in [-0.15, -0.1) is 0 Å². The first kappa shape index (κ1) is 13.9. The van der Waals surface area contributed by atoms with Crippen molar-refractivity contribution in [3.8, 4) is 0 Å². The monoisotopic (exact) mass is 259 g/mol. The molecule has 2 aromatic rings. The van der Waals surface area contributed by atoms with Gasteiger partial charge < -0.3 is 4.74 Å². The quantitative estimate of drug-likeness (QED) is 0.637. The van der Waals surface area contributed by atoms with E-state index in [1.807, 2.05) is 38.1 Å². The standard InChI is InChI=1S/C15H21N3O/c1-15(2,19-3)14(18-16)10-12-9-8-11-6-4-5-7-13(11)17-12/h4-9,14,18H,10,16H2,1-3H3. The van der Waals surface area contributed by atoms with E-state index in [0.717, 1.165) is 23.0 Å². The molecule has 1 atom stereocenters. The van der Waals surface area contributed by atoms with Crippen LogP contribution in [-0.2, 0) is 11.2 Å². The number of pyridine rings is 1. The minimum absolute atomic E-state index is 0.00571. The molecule has 1 aromatic heterocycles. The van der Waals surface area contributed by atoms with Crippen molar-refractivity contribution in [2.45, 2.75) is 31.9 Å². The van der Waals surface area contributed by atoms with Crippen molar-refractivity contribution in [2.75, 3.05) is 7.11 Å². The van der Waals surface area contributed by atoms with Crippen LogP contribution in [0.2, 0.25) is 0 Å². The van der Waals surface area contributed by atoms with Gasteiger partial charge in [0.2, 0.25) is 0 Å². The Hall–Kier alpha value is -1.49. The van der Waals surface area contributed by atoms with E-state index < -0.39 is 0 Å². The van der Waals surface area contributed by atoms with Crippen molar-refractivity contribution in [3.63, 3.8) is 0 Å². The van der Waals surface area contributed by atoms with Gasteiger partial charge in [-0.25, -0.2) is 0 Å². The second-order valence-corrected chi connectivity index (χ2v) is 5.23. The number of aromatic nitrogens is 1. The maximum atomic E-state index is 5.64. The minimum atomic E-state index is -0.345. The van der Waals surface area contributed by atoms with Crippen LogP contribution < -0.4 is 11.3 Å². The van der Waals surface area contributed by atoms with Gasteiger partial charge in [-0.2, -0.15) is 0 Å². The number of nitrogens with one attached hydrogen (secondary N) is 1. The van der Waals surface area contributed by atoms with E-state index in [0.29, 0.717) is 0 Å². The lowest BCUT2D eigenvalue weighted by molar-refractivity contribution is -0.0103. The number of nitrogens with two attached hydrogens (primary N) is 1. The SMILES string of the molecule is COC(C)(C)C(Cc1ccc2ccccc2n1)NN. The summed E-state index contributed by atoms with van der Waals surface area (Å²) in [4.78, 5) is 4.66. The number of methoxy groups -OCH3 is 1. The first-order valence-electron chi connectivity index (χ1n) is 6.43. The van der Waals surface area contributed by atoms with E-state index in [1.165, 1.54) is 0 Å². The lowest BCUT2D eigenvalue weighted by atomic mass is 9.94. The van der Waals surface area contributed by atoms with Gasteiger partial charge in [-0.1, -0.05) is 24.3 Å². The summed E-state index contributed by atoms with van der Waals surface area (Å²) < 4.78 is 5.48. The fourth-order valence-electron chi connectivity index (χ4n) is 2.08. The molecule has 0 radical (unpaired) electrons. The summed E-state index contributed by atoms with van der Waals surface area (Å²) in [6.07, 6.45) is 0.724. The Morgan fingerprint density at radius 2 is 2.00 bits per heavy atom. The molecular weight excluding hydrogens is 238 g/mol. The third-order valence-corrected chi connectivity index (χ3v) is 3.64. The number of benzene rings is 1. The van der Waals surface area contributed by atoms with E-state index in [9.17, 15) is 0 Å². The molecule has 0 aliphatic rings. The largest absolute Gasteiger partial charge is 0.377 e. The summed E-state index contributed by atoms with van der Waals surface area (Å²) >= 11 is 0. The fourth-order valence-corrected chi connectivity index (χ4v) is 2.08. The van der Waals surface area contributed by atoms with Crippen LogP contribution in [0.25, 0.3) is 10.9 Å². The molecule has 3 N–H and O–H groups in total. The van der Waals surface area contributed by atoms with Gasteiger partial charge in [-0.05, 0) is 26.0 Å². The molecule has 0 amide bonds. The highest BCUT2D eigenvalue weighted by molar-refractivity contribution is 5.78. The van der Waals surface area contributed by atoms with Gasteiger partial charge in [0.1, 0.15) is 0 Å². The molecule has 0 aliphatic heterocycles. The molecule has 0 aliphatic carbocycles. The fraction of sp³-hybridized carbons (Fsp3) is 0.400. The van der Waals surface area contributed by atoms with Crippen molar-refractivity contribution in [3.05, 3.63) is 42.1 Å². The zero-order valence-corrected chi connectivity index (χ0v) is 11.7. The van der Waals surface area contributed by atoms with Crippen LogP contribution in [0.1, 0.15) is 19.5 Å². The van der Waals surface area contributed by atoms with Gasteiger partial charge >= 0.3 is 0 Å². The van der Waals surface area contributed by atoms with Gasteiger partial charge in [0.25, 0.3) is 0 Å². The molecule has 1 aromatic carbocycles. The number of hydrogen-bond donors (Lipinski definition) is 2. The molecule has 102 valence electrons. The van der Waals surface area contributed by atoms with Gasteiger partial charge in [-0.3, -0.25) is 16.3 Å². The molecule has 2 rings (SSSR count). The Morgan fingerprint density at radius 3 is 2.68 bits per heavy atom. The molecule has 1 heterocycles. The highest BCUT2D eigenvalue weighted by atomic mass is 16.5. The molecule has 0 fully saturated rings. The average Bonchev–Trinajstić information content (AvgIpc) is 2.44. The first-order valence-corrected chi connectivity index (χ1v) is 6.43. The zero-order valence-electron chi connectivity index (χ0n) is 11.7. The summed E-state index contributed by atoms with van der Waals surface area (Å²) in [5.74, 6) is 5.64. The Morgan fingerprint density at radius 1 is 1.26 bits per heavy atom. The van der Waals surface area contributed by atoms with Crippen LogP contribution in [0.5, 0.6) is 0 Å². The molecule has 0 saturated heterocycles. The van der Waals surface area contributed by atoms with Crippen LogP contribution in [0.4, 0.5) is 0 Å². The topological polar surface area (TPSA) is 60.2 Å². The normalized spacial score (nSPS) is 13.7. The summed E-state index contributed by atoms with van der Waals surface area (Å²) in [7, 11) is 1.69. The van der Waals surface area contributed by atoms with E-state index in [4.69, 9.17) is 10.6 Å². The van der Waals surface area contributed by atoms with Crippen molar-refractivity contribution >= 4 is 10.9 Å². The third kappa shape index (κ3) is 3.10. The Labute approximate surface area is 113 Å². The minimum Gasteiger partial charge on any atom is -0.377 e. The molecule has 19 heavy (non-hydrogen) atoms. The maximum Gasteiger partial charge on any atom is 0.0792 e. The van der Waals surface area contributed by atoms with E-state index in [-0.39, 0.29) is 11.6 Å². The lowest BCUT2D eigenvalue weighted by Crippen LogP contribution is -2.52. The average molecular weight is 259 g/mol. The Bertz CT molecular complexity index is 554. The molecule has 0 saturated carbocycles. The molecule has 4 nitrogen and oxygen atoms in total. The van der Waals surface area contributed by atoms with Crippen molar-refractivity contribution in [1.29, 1.82) is 0 Å². The third-order valence-electron chi connectivity index (χ3n) is 3.64. The van der Waals surface area contributed by atoms with Crippen LogP contribution in [0.15, 0.2) is 36.4 Å². The number of ether oxygens (including phenoxy) is 1. The number of rotatable bonds is 5. The Balaban J connectivity index is 2.24. The van der Waals surface area contributed by atoms with Gasteiger partial charge in [0, 0.05) is 24.6 Å². The van der Waals surface area contributed by atoms with E-state index in [1.54, 1.807) is 7.11 Å². The number of nitrogens with zero attached hydrogens (tertiary/aromatic N) is 1. The van der Waals surface area contributed by atoms with Crippen LogP contribution >= 0.6 is 0 Å². The summed E-state index contributed by atoms with van der Waals surface area (Å²) in [5.41, 5.74) is 4.49. The maximum absolute atomic E-state index is 5.64. The van der Waals surface area contributed by atoms with Crippen LogP contribution in [-0.4, -0.2) is 23.7 Å². The molecular formula is C15H21N3O. The number of para-hydroxylation sites is 1. The predicted octanol–water partition coefficient (Wildman–Crippen LogP) is 2.03. The summed E-state index contributed by atoms with van der Waals surface area (Å²) in [5, 5.41) is 1.15. The molecule has 0 bridgehead atoms. The van der Waals surface area contributed by atoms with Crippen molar-refractivity contribution in [2.24, 2.45) is 5.84 Å². The second-order valence-electron chi connectivity index (χ2n) is 5.23. The lowest BCUT2D eigenvalue weighted by Gasteiger charge is -2.32. The smallest absolute Gasteiger partial charge is 0.0792 e. The highest BCUT2D eigenvalue weighted by Gasteiger charge is 2.28. The summed E-state index contributed by atoms with van der Waals surface area (Å²) in [6.45, 7) is 4.02. The number of hydrazine groups is 1. The second kappa shape index (κ2) is 5.65. The van der Waals surface area contributed by atoms with E-state index >= 15 is 0 Å². The molecule has 0 spiro atoms. The van der Waals surface area contributed by atoms with Gasteiger partial charge in [0.05, 0.1) is 17.2 Å². The van der Waals surface area contributed by atoms with Crippen molar-refractivity contribution < 1.29 is 4.74 Å². The number of fused-ring (bicyclic) bond motifs is 1. The Kier molecular flexibility index (Phi) is 4.14. The van der Waals surface area contributed by atoms with Gasteiger partial charge in [0.15, 0.2) is 0 Å². The van der Waals surface area contributed by atoms with Crippen LogP contribution in [0.3, 0.4) is 0 Å². The first-order chi connectivity index (χ1) is 9.06. The molecule has 1 unspecified atom stereocenters. The van der Waals surface area contributed by atoms with Crippen molar-refractivity contribution in [1.82, 2.24) is 10.4 Å². The molecule has 4 heteroatoms. The summed E-state index contributed by atoms with van der Waals surface area (Å²) in [6, 6.07) is 12.2. The van der Waals surface area contributed by atoms with Crippen LogP contribution in [0, 0.1) is 0 Å². The highest BCUT2D eigenvalue weighted by Crippen LogP contribution is 2.18. The number of hydrogen-bond acceptors (Lipinski definition) is 4.